The second kappa shape index (κ2) is 51.5. The van der Waals surface area contributed by atoms with E-state index in [9.17, 15) is 19.5 Å². The molecule has 0 bridgehead atoms. The monoisotopic (exact) mass is 985 g/mol. The summed E-state index contributed by atoms with van der Waals surface area (Å²) in [5, 5.41) is 9.68. The number of unbranched alkanes of at least 4 members (excludes halogenated alkanes) is 8. The SMILES string of the molecule is CC/C=C\C/C=C\C/C=C\C/C=C\C/C=C\C/C=C\C/C=C\CCCCCCCCCC(=O)OC(COC(=O)CCC/C=C\C/C=C\C/C=C\C/C=C\C/C=C\CC)COC(OCC[N+](C)(C)C)C(=O)O. The van der Waals surface area contributed by atoms with Gasteiger partial charge in [0.1, 0.15) is 13.2 Å². The van der Waals surface area contributed by atoms with Gasteiger partial charge in [-0.3, -0.25) is 9.59 Å². The highest BCUT2D eigenvalue weighted by molar-refractivity contribution is 5.71. The molecule has 2 atom stereocenters. The van der Waals surface area contributed by atoms with E-state index in [1.165, 1.54) is 19.3 Å². The molecule has 0 heterocycles. The van der Waals surface area contributed by atoms with E-state index in [0.29, 0.717) is 23.9 Å². The van der Waals surface area contributed by atoms with Crippen LogP contribution in [0.15, 0.2) is 146 Å². The zero-order valence-corrected chi connectivity index (χ0v) is 45.1. The molecule has 9 heteroatoms. The van der Waals surface area contributed by atoms with E-state index in [2.05, 4.69) is 160 Å². The van der Waals surface area contributed by atoms with E-state index in [4.69, 9.17) is 18.9 Å². The van der Waals surface area contributed by atoms with Gasteiger partial charge in [-0.1, -0.05) is 192 Å². The first kappa shape index (κ1) is 66.2. The van der Waals surface area contributed by atoms with Gasteiger partial charge in [-0.2, -0.15) is 0 Å². The molecule has 0 aromatic heterocycles. The largest absolute Gasteiger partial charge is 0.477 e. The van der Waals surface area contributed by atoms with Crippen LogP contribution in [0.2, 0.25) is 0 Å². The Morgan fingerprint density at radius 2 is 0.775 bits per heavy atom. The lowest BCUT2D eigenvalue weighted by molar-refractivity contribution is -0.870. The van der Waals surface area contributed by atoms with Crippen molar-refractivity contribution in [1.82, 2.24) is 0 Å². The lowest BCUT2D eigenvalue weighted by atomic mass is 10.1. The van der Waals surface area contributed by atoms with Gasteiger partial charge in [0.05, 0.1) is 34.4 Å². The number of nitrogens with zero attached hydrogens (tertiary/aromatic N) is 1. The highest BCUT2D eigenvalue weighted by Gasteiger charge is 2.25. The van der Waals surface area contributed by atoms with E-state index >= 15 is 0 Å². The quantitative estimate of drug-likeness (QED) is 0.0211. The fraction of sp³-hybridized carbons (Fsp3) is 0.565. The summed E-state index contributed by atoms with van der Waals surface area (Å²) >= 11 is 0. The number of hydrogen-bond acceptors (Lipinski definition) is 7. The Morgan fingerprint density at radius 1 is 0.423 bits per heavy atom. The molecule has 0 spiro atoms. The third kappa shape index (κ3) is 52.8. The fourth-order valence-corrected chi connectivity index (χ4v) is 6.50. The van der Waals surface area contributed by atoms with Crippen molar-refractivity contribution in [2.45, 2.75) is 180 Å². The molecular weight excluding hydrogens is 887 g/mol. The topological polar surface area (TPSA) is 108 Å². The maximum absolute atomic E-state index is 12.9. The molecule has 0 aliphatic rings. The standard InChI is InChI=1S/C62H97NO8/c1-6-8-10-12-14-16-18-20-22-24-25-26-27-28-29-30-31-32-33-34-35-37-39-41-43-45-47-49-51-53-60(65)71-58(57-70-62(61(66)67)68-55-54-63(3,4)5)56-69-59(64)52-50-48-46-44-42-40-38-36-23-21-19-17-15-13-11-9-7-2/h8-11,14-17,20-23,25-26,28-29,31-32,34-35,38,40,44,46,58,62H,6-7,12-13,18-19,24,27,30,33,36-37,39,41-43,45,47-57H2,1-5H3/p+1/b10-8-,11-9-,16-14-,17-15-,22-20-,23-21-,26-25-,29-28-,32-31-,35-34-,40-38-,46-44-. The highest BCUT2D eigenvalue weighted by Crippen LogP contribution is 2.12. The van der Waals surface area contributed by atoms with Crippen molar-refractivity contribution >= 4 is 17.9 Å². The number of carboxylic acids is 1. The van der Waals surface area contributed by atoms with Crippen LogP contribution < -0.4 is 0 Å². The zero-order chi connectivity index (χ0) is 52.0. The van der Waals surface area contributed by atoms with E-state index in [-0.39, 0.29) is 32.7 Å². The first-order chi connectivity index (χ1) is 34.6. The molecule has 0 fully saturated rings. The van der Waals surface area contributed by atoms with Crippen LogP contribution in [-0.4, -0.2) is 87.4 Å². The second-order valence-electron chi connectivity index (χ2n) is 18.4. The minimum atomic E-state index is -1.54. The summed E-state index contributed by atoms with van der Waals surface area (Å²) in [6.45, 7) is 4.53. The summed E-state index contributed by atoms with van der Waals surface area (Å²) in [7, 11) is 5.93. The van der Waals surface area contributed by atoms with Crippen LogP contribution in [0.4, 0.5) is 0 Å². The molecule has 0 aliphatic carbocycles. The summed E-state index contributed by atoms with van der Waals surface area (Å²) in [5.74, 6) is -2.12. The Morgan fingerprint density at radius 3 is 1.17 bits per heavy atom. The number of quaternary nitrogens is 1. The van der Waals surface area contributed by atoms with Crippen molar-refractivity contribution in [1.29, 1.82) is 0 Å². The molecule has 1 N–H and O–H groups in total. The number of carbonyl (C=O) groups is 3. The predicted molar refractivity (Wildman–Crippen MR) is 299 cm³/mol. The number of rotatable bonds is 47. The van der Waals surface area contributed by atoms with Gasteiger partial charge in [0.15, 0.2) is 6.10 Å². The third-order valence-corrected chi connectivity index (χ3v) is 10.6. The van der Waals surface area contributed by atoms with Gasteiger partial charge in [0, 0.05) is 12.8 Å². The zero-order valence-electron chi connectivity index (χ0n) is 45.1. The van der Waals surface area contributed by atoms with E-state index in [0.717, 1.165) is 109 Å². The number of hydrogen-bond donors (Lipinski definition) is 1. The fourth-order valence-electron chi connectivity index (χ4n) is 6.50. The van der Waals surface area contributed by atoms with Crippen molar-refractivity contribution in [2.24, 2.45) is 0 Å². The molecule has 9 nitrogen and oxygen atoms in total. The van der Waals surface area contributed by atoms with Gasteiger partial charge in [-0.05, 0) is 109 Å². The molecule has 71 heavy (non-hydrogen) atoms. The van der Waals surface area contributed by atoms with Gasteiger partial charge in [0.2, 0.25) is 0 Å². The molecule has 0 aliphatic heterocycles. The van der Waals surface area contributed by atoms with E-state index in [1.54, 1.807) is 0 Å². The van der Waals surface area contributed by atoms with Crippen LogP contribution in [-0.2, 0) is 33.3 Å². The summed E-state index contributed by atoms with van der Waals surface area (Å²) in [6, 6.07) is 0. The number of allylic oxidation sites excluding steroid dienone is 24. The number of carbonyl (C=O) groups excluding carboxylic acids is 2. The van der Waals surface area contributed by atoms with Gasteiger partial charge in [-0.15, -0.1) is 0 Å². The molecule has 398 valence electrons. The van der Waals surface area contributed by atoms with E-state index in [1.807, 2.05) is 21.1 Å². The lowest BCUT2D eigenvalue weighted by Crippen LogP contribution is -2.40. The summed E-state index contributed by atoms with van der Waals surface area (Å²) in [5.41, 5.74) is 0. The summed E-state index contributed by atoms with van der Waals surface area (Å²) in [4.78, 5) is 37.3. The van der Waals surface area contributed by atoms with Gasteiger partial charge < -0.3 is 28.5 Å². The van der Waals surface area contributed by atoms with Crippen LogP contribution in [0.3, 0.4) is 0 Å². The molecular formula is C62H98NO8+. The Hall–Kier alpha value is -4.83. The summed E-state index contributed by atoms with van der Waals surface area (Å²) < 4.78 is 22.7. The van der Waals surface area contributed by atoms with Crippen molar-refractivity contribution in [3.63, 3.8) is 0 Å². The van der Waals surface area contributed by atoms with Crippen LogP contribution >= 0.6 is 0 Å². The van der Waals surface area contributed by atoms with Gasteiger partial charge in [-0.25, -0.2) is 4.79 Å². The van der Waals surface area contributed by atoms with Crippen molar-refractivity contribution in [2.75, 3.05) is 47.5 Å². The van der Waals surface area contributed by atoms with Crippen LogP contribution in [0.1, 0.15) is 168 Å². The molecule has 0 aromatic carbocycles. The summed E-state index contributed by atoms with van der Waals surface area (Å²) in [6.07, 6.45) is 72.1. The maximum atomic E-state index is 12.9. The smallest absolute Gasteiger partial charge is 0.361 e. The average Bonchev–Trinajstić information content (AvgIpc) is 3.34. The maximum Gasteiger partial charge on any atom is 0.361 e. The normalized spacial score (nSPS) is 14.0. The second-order valence-corrected chi connectivity index (χ2v) is 18.4. The number of likely N-dealkylation sites (N-methyl/N-ethyl adjacent to an activating group) is 1. The predicted octanol–water partition coefficient (Wildman–Crippen LogP) is 15.7. The Bertz CT molecular complexity index is 1670. The minimum absolute atomic E-state index is 0.167. The van der Waals surface area contributed by atoms with Crippen molar-refractivity contribution in [3.05, 3.63) is 146 Å². The number of esters is 2. The molecule has 0 amide bonds. The number of carboxylic acid groups (broad SMARTS) is 1. The van der Waals surface area contributed by atoms with Crippen molar-refractivity contribution < 1.29 is 42.9 Å². The van der Waals surface area contributed by atoms with Gasteiger partial charge in [0.25, 0.3) is 6.29 Å². The first-order valence-corrected chi connectivity index (χ1v) is 27.0. The molecule has 0 saturated heterocycles. The van der Waals surface area contributed by atoms with Crippen LogP contribution in [0.25, 0.3) is 0 Å². The third-order valence-electron chi connectivity index (χ3n) is 10.6. The van der Waals surface area contributed by atoms with E-state index < -0.39 is 30.3 Å². The Kier molecular flexibility index (Phi) is 48.0. The van der Waals surface area contributed by atoms with Crippen molar-refractivity contribution in [3.8, 4) is 0 Å². The Labute approximate surface area is 432 Å². The average molecular weight is 985 g/mol. The lowest BCUT2D eigenvalue weighted by Gasteiger charge is -2.25. The van der Waals surface area contributed by atoms with Crippen LogP contribution in [0.5, 0.6) is 0 Å². The highest BCUT2D eigenvalue weighted by atomic mass is 16.7. The minimum Gasteiger partial charge on any atom is -0.477 e. The van der Waals surface area contributed by atoms with Gasteiger partial charge >= 0.3 is 17.9 Å². The molecule has 2 unspecified atom stereocenters. The molecule has 0 aromatic rings. The number of ether oxygens (including phenoxy) is 4. The first-order valence-electron chi connectivity index (χ1n) is 27.0. The molecule has 0 radical (unpaired) electrons. The van der Waals surface area contributed by atoms with Crippen LogP contribution in [0, 0.1) is 0 Å². The molecule has 0 rings (SSSR count). The molecule has 0 saturated carbocycles. The Balaban J connectivity index is 4.41. The number of aliphatic carboxylic acids is 1.